The molecule has 1 aliphatic rings. The van der Waals surface area contributed by atoms with Gasteiger partial charge in [-0.1, -0.05) is 37.3 Å². The molecule has 1 aromatic heterocycles. The number of esters is 1. The number of nitrogens with zero attached hydrogens (tertiary/aromatic N) is 1. The highest BCUT2D eigenvalue weighted by molar-refractivity contribution is 6.52. The highest BCUT2D eigenvalue weighted by Gasteiger charge is 2.36. The van der Waals surface area contributed by atoms with Crippen LogP contribution >= 0.6 is 0 Å². The van der Waals surface area contributed by atoms with Gasteiger partial charge in [0.05, 0.1) is 11.3 Å². The topological polar surface area (TPSA) is 96.5 Å². The number of hydrogen-bond donors (Lipinski definition) is 1. The average Bonchev–Trinajstić information content (AvgIpc) is 3.28. The molecule has 2 aromatic carbocycles. The van der Waals surface area contributed by atoms with Crippen LogP contribution in [-0.4, -0.2) is 41.6 Å². The molecule has 0 bridgehead atoms. The maximum Gasteiger partial charge on any atom is 0.326 e. The number of nitrogens with one attached hydrogen (secondary N) is 1. The van der Waals surface area contributed by atoms with E-state index in [0.29, 0.717) is 11.3 Å². The molecule has 1 amide bonds. The first-order valence-electron chi connectivity index (χ1n) is 9.24. The van der Waals surface area contributed by atoms with Crippen LogP contribution in [0.1, 0.15) is 33.2 Å². The lowest BCUT2D eigenvalue weighted by Crippen LogP contribution is -2.36. The molecule has 0 saturated carbocycles. The fourth-order valence-electron chi connectivity index (χ4n) is 3.55. The van der Waals surface area contributed by atoms with Crippen molar-refractivity contribution in [3.63, 3.8) is 0 Å². The molecule has 146 valence electrons. The Hall–Kier alpha value is -3.74. The molecule has 2 heterocycles. The van der Waals surface area contributed by atoms with Crippen LogP contribution in [-0.2, 0) is 20.7 Å². The summed E-state index contributed by atoms with van der Waals surface area (Å²) in [6.45, 7) is 1.16. The molecule has 29 heavy (non-hydrogen) atoms. The van der Waals surface area contributed by atoms with Crippen molar-refractivity contribution in [3.05, 3.63) is 65.4 Å². The first-order chi connectivity index (χ1) is 14.0. The molecular formula is C22H18N2O5. The summed E-state index contributed by atoms with van der Waals surface area (Å²) in [6, 6.07) is 12.2. The van der Waals surface area contributed by atoms with E-state index in [1.807, 2.05) is 25.1 Å². The van der Waals surface area contributed by atoms with Crippen LogP contribution in [0, 0.1) is 0 Å². The zero-order valence-corrected chi connectivity index (χ0v) is 15.7. The van der Waals surface area contributed by atoms with Gasteiger partial charge in [0.15, 0.2) is 6.61 Å². The van der Waals surface area contributed by atoms with Gasteiger partial charge >= 0.3 is 5.97 Å². The van der Waals surface area contributed by atoms with Crippen molar-refractivity contribution in [3.8, 4) is 0 Å². The van der Waals surface area contributed by atoms with Crippen LogP contribution < -0.4 is 4.90 Å². The summed E-state index contributed by atoms with van der Waals surface area (Å²) in [4.78, 5) is 53.0. The summed E-state index contributed by atoms with van der Waals surface area (Å²) < 4.78 is 5.09. The lowest BCUT2D eigenvalue weighted by molar-refractivity contribution is -0.141. The number of carbonyl (C=O) groups excluding carboxylic acids is 4. The summed E-state index contributed by atoms with van der Waals surface area (Å²) in [6.07, 6.45) is 2.43. The highest BCUT2D eigenvalue weighted by Crippen LogP contribution is 2.28. The number of H-pyrrole nitrogens is 1. The van der Waals surface area contributed by atoms with Crippen LogP contribution in [0.15, 0.2) is 48.7 Å². The van der Waals surface area contributed by atoms with E-state index in [-0.39, 0.29) is 11.3 Å². The summed E-state index contributed by atoms with van der Waals surface area (Å²) in [7, 11) is 0. The fourth-order valence-corrected chi connectivity index (χ4v) is 3.55. The number of aromatic amines is 1. The number of benzene rings is 2. The van der Waals surface area contributed by atoms with E-state index in [0.717, 1.165) is 27.8 Å². The van der Waals surface area contributed by atoms with Crippen molar-refractivity contribution in [1.29, 1.82) is 0 Å². The Morgan fingerprint density at radius 1 is 1.07 bits per heavy atom. The minimum absolute atomic E-state index is 0.256. The number of anilines is 1. The summed E-state index contributed by atoms with van der Waals surface area (Å²) in [5.41, 5.74) is 3.05. The normalized spacial score (nSPS) is 13.1. The van der Waals surface area contributed by atoms with Crippen molar-refractivity contribution < 1.29 is 23.9 Å². The summed E-state index contributed by atoms with van der Waals surface area (Å²) in [5, 5.41) is 0.777. The Kier molecular flexibility index (Phi) is 4.72. The van der Waals surface area contributed by atoms with Gasteiger partial charge in [-0.3, -0.25) is 24.1 Å². The quantitative estimate of drug-likeness (QED) is 0.397. The van der Waals surface area contributed by atoms with Gasteiger partial charge in [0.2, 0.25) is 5.78 Å². The molecule has 0 saturated heterocycles. The third kappa shape index (κ3) is 3.20. The van der Waals surface area contributed by atoms with E-state index in [2.05, 4.69) is 4.98 Å². The number of ether oxygens (including phenoxy) is 1. The van der Waals surface area contributed by atoms with E-state index in [4.69, 9.17) is 4.74 Å². The maximum absolute atomic E-state index is 12.5. The highest BCUT2D eigenvalue weighted by atomic mass is 16.5. The first kappa shape index (κ1) is 18.6. The van der Waals surface area contributed by atoms with Gasteiger partial charge < -0.3 is 9.72 Å². The number of ketones is 2. The van der Waals surface area contributed by atoms with Crippen LogP contribution in [0.4, 0.5) is 5.69 Å². The number of fused-ring (bicyclic) bond motifs is 2. The second kappa shape index (κ2) is 7.35. The number of aromatic nitrogens is 1. The number of rotatable bonds is 6. The Balaban J connectivity index is 1.44. The van der Waals surface area contributed by atoms with Gasteiger partial charge in [-0.25, -0.2) is 0 Å². The largest absolute Gasteiger partial charge is 0.456 e. The number of carbonyl (C=O) groups is 4. The van der Waals surface area contributed by atoms with Gasteiger partial charge in [0, 0.05) is 22.7 Å². The molecule has 0 fully saturated rings. The number of aryl methyl sites for hydroxylation is 1. The zero-order chi connectivity index (χ0) is 20.5. The Bertz CT molecular complexity index is 1160. The average molecular weight is 390 g/mol. The van der Waals surface area contributed by atoms with Crippen LogP contribution in [0.3, 0.4) is 0 Å². The molecule has 0 radical (unpaired) electrons. The van der Waals surface area contributed by atoms with Crippen LogP contribution in [0.2, 0.25) is 0 Å². The van der Waals surface area contributed by atoms with Gasteiger partial charge in [-0.2, -0.15) is 0 Å². The molecule has 7 heteroatoms. The monoisotopic (exact) mass is 390 g/mol. The zero-order valence-electron chi connectivity index (χ0n) is 15.7. The Morgan fingerprint density at radius 2 is 1.86 bits per heavy atom. The van der Waals surface area contributed by atoms with Crippen molar-refractivity contribution in [2.45, 2.75) is 13.3 Å². The molecule has 1 N–H and O–H groups in total. The molecule has 0 atom stereocenters. The second-order valence-corrected chi connectivity index (χ2v) is 6.72. The number of Topliss-reactive ketones (excluding diaryl/α,β-unsaturated/α-hetero) is 2. The first-order valence-corrected chi connectivity index (χ1v) is 9.24. The van der Waals surface area contributed by atoms with Crippen molar-refractivity contribution in [2.24, 2.45) is 0 Å². The SMILES string of the molecule is CCc1cccc2c(C(=O)COC(=O)CN3C(=O)C(=O)c4ccccc43)c[nH]c12. The molecule has 0 aliphatic carbocycles. The van der Waals surface area contributed by atoms with E-state index < -0.39 is 30.8 Å². The number of amides is 1. The maximum atomic E-state index is 12.5. The number of para-hydroxylation sites is 2. The van der Waals surface area contributed by atoms with Crippen molar-refractivity contribution in [1.82, 2.24) is 4.98 Å². The lowest BCUT2D eigenvalue weighted by atomic mass is 10.1. The van der Waals surface area contributed by atoms with Crippen LogP contribution in [0.5, 0.6) is 0 Å². The molecule has 4 rings (SSSR count). The molecule has 1 aliphatic heterocycles. The predicted octanol–water partition coefficient (Wildman–Crippen LogP) is 2.69. The minimum Gasteiger partial charge on any atom is -0.456 e. The molecular weight excluding hydrogens is 372 g/mol. The van der Waals surface area contributed by atoms with Crippen molar-refractivity contribution >= 4 is 40.0 Å². The smallest absolute Gasteiger partial charge is 0.326 e. The molecule has 3 aromatic rings. The van der Waals surface area contributed by atoms with E-state index in [1.54, 1.807) is 24.4 Å². The number of hydrogen-bond acceptors (Lipinski definition) is 5. The standard InChI is InChI=1S/C22H18N2O5/c1-2-13-6-5-8-14-16(10-23-20(13)14)18(25)12-29-19(26)11-24-17-9-4-3-7-15(17)21(27)22(24)28/h3-10,23H,2,11-12H2,1H3. The second-order valence-electron chi connectivity index (χ2n) is 6.72. The molecule has 0 unspecified atom stereocenters. The van der Waals surface area contributed by atoms with Crippen LogP contribution in [0.25, 0.3) is 10.9 Å². The molecule has 7 nitrogen and oxygen atoms in total. The third-order valence-corrected chi connectivity index (χ3v) is 5.01. The summed E-state index contributed by atoms with van der Waals surface area (Å²) >= 11 is 0. The Morgan fingerprint density at radius 3 is 2.66 bits per heavy atom. The van der Waals surface area contributed by atoms with E-state index in [1.165, 1.54) is 6.07 Å². The van der Waals surface area contributed by atoms with Gasteiger partial charge in [-0.05, 0) is 24.1 Å². The Labute approximate surface area is 166 Å². The molecule has 0 spiro atoms. The third-order valence-electron chi connectivity index (χ3n) is 5.01. The summed E-state index contributed by atoms with van der Waals surface area (Å²) in [5.74, 6) is -2.54. The van der Waals surface area contributed by atoms with Gasteiger partial charge in [0.25, 0.3) is 11.7 Å². The predicted molar refractivity (Wildman–Crippen MR) is 106 cm³/mol. The fraction of sp³-hybridized carbons (Fsp3) is 0.182. The van der Waals surface area contributed by atoms with E-state index >= 15 is 0 Å². The van der Waals surface area contributed by atoms with E-state index in [9.17, 15) is 19.2 Å². The lowest BCUT2D eigenvalue weighted by Gasteiger charge is -2.15. The van der Waals surface area contributed by atoms with Crippen molar-refractivity contribution in [2.75, 3.05) is 18.1 Å². The van der Waals surface area contributed by atoms with Gasteiger partial charge in [0.1, 0.15) is 6.54 Å². The van der Waals surface area contributed by atoms with Gasteiger partial charge in [-0.15, -0.1) is 0 Å². The minimum atomic E-state index is -0.779.